The number of rotatable bonds is 1. The minimum absolute atomic E-state index is 0. The molecule has 5 N–H and O–H groups in total. The van der Waals surface area contributed by atoms with Crippen LogP contribution >= 0.6 is 0 Å². The van der Waals surface area contributed by atoms with Crippen LogP contribution in [0.4, 0.5) is 4.79 Å². The highest BCUT2D eigenvalue weighted by atomic mass is 16.4. The highest BCUT2D eigenvalue weighted by Gasteiger charge is 1.83. The lowest BCUT2D eigenvalue weighted by atomic mass is 11.1. The number of hydrogen-bond donors (Lipinski definition) is 3. The van der Waals surface area contributed by atoms with Gasteiger partial charge in [-0.25, -0.2) is 4.79 Å². The first kappa shape index (κ1) is 9.31. The van der Waals surface area contributed by atoms with Crippen molar-refractivity contribution in [2.24, 2.45) is 0 Å². The normalized spacial score (nSPS) is 5.71. The molecular weight excluding hydrogens is 100 g/mol. The van der Waals surface area contributed by atoms with Crippen LogP contribution in [0.5, 0.6) is 0 Å². The monoisotopic (exact) mass is 106 g/mol. The number of imide groups is 1. The van der Waals surface area contributed by atoms with Crippen molar-refractivity contribution in [3.8, 4) is 0 Å². The van der Waals surface area contributed by atoms with Crippen LogP contribution < -0.4 is 11.5 Å². The molecule has 0 saturated carbocycles. The van der Waals surface area contributed by atoms with Gasteiger partial charge >= 0.3 is 6.09 Å². The number of amides is 2. The van der Waals surface area contributed by atoms with Crippen LogP contribution in [0.15, 0.2) is 0 Å². The zero-order valence-electron chi connectivity index (χ0n) is 3.55. The summed E-state index contributed by atoms with van der Waals surface area (Å²) in [6, 6.07) is 0. The molecule has 0 aliphatic heterocycles. The van der Waals surface area contributed by atoms with Gasteiger partial charge in [-0.15, -0.1) is 0 Å². The smallest absolute Gasteiger partial charge is 0.411 e. The number of hydrogen-bond acceptors (Lipinski definition) is 3. The van der Waals surface area contributed by atoms with Crippen LogP contribution in [-0.2, 0) is 4.79 Å². The van der Waals surface area contributed by atoms with E-state index in [1.807, 2.05) is 0 Å². The zero-order chi connectivity index (χ0) is 4.99. The van der Waals surface area contributed by atoms with Gasteiger partial charge in [0.25, 0.3) is 0 Å². The van der Waals surface area contributed by atoms with E-state index in [2.05, 4.69) is 0 Å². The maximum absolute atomic E-state index is 9.26. The van der Waals surface area contributed by atoms with Crippen molar-refractivity contribution in [3.05, 3.63) is 0 Å². The highest BCUT2D eigenvalue weighted by molar-refractivity contribution is 5.77. The summed E-state index contributed by atoms with van der Waals surface area (Å²) in [5, 5.41) is 9.02. The van der Waals surface area contributed by atoms with Crippen LogP contribution in [0.25, 0.3) is 0 Å². The Morgan fingerprint density at radius 3 is 2.14 bits per heavy atom. The molecule has 0 fully saturated rings. The fraction of sp³-hybridized carbons (Fsp3) is 0. The summed E-state index contributed by atoms with van der Waals surface area (Å²) >= 11 is 0. The molecule has 0 aliphatic rings. The molecule has 0 saturated heterocycles. The molecule has 0 heterocycles. The van der Waals surface area contributed by atoms with Crippen LogP contribution in [-0.4, -0.2) is 17.6 Å². The van der Waals surface area contributed by atoms with Gasteiger partial charge in [-0.2, -0.15) is 0 Å². The van der Waals surface area contributed by atoms with E-state index < -0.39 is 6.09 Å². The summed E-state index contributed by atoms with van der Waals surface area (Å²) in [7, 11) is 0. The third-order valence-electron chi connectivity index (χ3n) is 0.182. The standard InChI is InChI=1S/C2H3NO3.H3N/c4-1-3-2(5)6;/h1H,(H,3,4)(H,5,6);1H3. The van der Waals surface area contributed by atoms with Crippen molar-refractivity contribution in [1.29, 1.82) is 0 Å². The largest absolute Gasteiger partial charge is 0.465 e. The topological polar surface area (TPSA) is 101 Å². The third kappa shape index (κ3) is 11.4. The van der Waals surface area contributed by atoms with E-state index in [4.69, 9.17) is 9.90 Å². The van der Waals surface area contributed by atoms with Crippen molar-refractivity contribution < 1.29 is 14.7 Å². The van der Waals surface area contributed by atoms with Gasteiger partial charge in [-0.3, -0.25) is 10.1 Å². The van der Waals surface area contributed by atoms with Gasteiger partial charge < -0.3 is 11.3 Å². The van der Waals surface area contributed by atoms with Crippen LogP contribution in [0.3, 0.4) is 0 Å². The summed E-state index contributed by atoms with van der Waals surface area (Å²) < 4.78 is 0. The van der Waals surface area contributed by atoms with E-state index in [9.17, 15) is 4.79 Å². The van der Waals surface area contributed by atoms with Crippen molar-refractivity contribution in [2.75, 3.05) is 0 Å². The van der Waals surface area contributed by atoms with Gasteiger partial charge in [0.1, 0.15) is 0 Å². The van der Waals surface area contributed by atoms with Crippen molar-refractivity contribution >= 4 is 12.5 Å². The Morgan fingerprint density at radius 1 is 1.71 bits per heavy atom. The molecule has 0 unspecified atom stereocenters. The number of carbonyl (C=O) groups excluding carboxylic acids is 1. The average Bonchev–Trinajstić information content (AvgIpc) is 1.35. The lowest BCUT2D eigenvalue weighted by Crippen LogP contribution is -2.17. The molecule has 0 aromatic heterocycles. The summed E-state index contributed by atoms with van der Waals surface area (Å²) in [6.07, 6.45) is -1.23. The molecule has 0 atom stereocenters. The van der Waals surface area contributed by atoms with E-state index in [0.29, 0.717) is 0 Å². The van der Waals surface area contributed by atoms with Gasteiger partial charge in [0, 0.05) is 0 Å². The minimum atomic E-state index is -1.33. The molecular formula is C2H6N2O3. The lowest BCUT2D eigenvalue weighted by Gasteiger charge is -1.77. The average molecular weight is 106 g/mol. The van der Waals surface area contributed by atoms with E-state index >= 15 is 0 Å². The Morgan fingerprint density at radius 2 is 2.14 bits per heavy atom. The first-order valence-corrected chi connectivity index (χ1v) is 1.20. The predicted octanol–water partition coefficient (Wildman–Crippen LogP) is -0.428. The van der Waals surface area contributed by atoms with Crippen LogP contribution in [0.2, 0.25) is 0 Å². The van der Waals surface area contributed by atoms with E-state index in [1.54, 1.807) is 0 Å². The minimum Gasteiger partial charge on any atom is -0.465 e. The maximum atomic E-state index is 9.26. The Labute approximate surface area is 39.9 Å². The van der Waals surface area contributed by atoms with Crippen LogP contribution in [0, 0.1) is 0 Å². The number of carbonyl (C=O) groups is 2. The van der Waals surface area contributed by atoms with Gasteiger partial charge in [-0.1, -0.05) is 0 Å². The highest BCUT2D eigenvalue weighted by Crippen LogP contribution is 1.47. The van der Waals surface area contributed by atoms with E-state index in [0.717, 1.165) is 0 Å². The molecule has 5 nitrogen and oxygen atoms in total. The Balaban J connectivity index is 0. The van der Waals surface area contributed by atoms with Gasteiger partial charge in [-0.05, 0) is 0 Å². The first-order chi connectivity index (χ1) is 2.77. The number of carboxylic acid groups (broad SMARTS) is 1. The van der Waals surface area contributed by atoms with Gasteiger partial charge in [0.05, 0.1) is 0 Å². The fourth-order valence-electron chi connectivity index (χ4n) is 0.0504. The van der Waals surface area contributed by atoms with E-state index in [1.165, 1.54) is 5.32 Å². The second-order valence-electron chi connectivity index (χ2n) is 0.567. The quantitative estimate of drug-likeness (QED) is 0.395. The van der Waals surface area contributed by atoms with Crippen molar-refractivity contribution in [2.45, 2.75) is 0 Å². The molecule has 0 bridgehead atoms. The second kappa shape index (κ2) is 4.90. The summed E-state index contributed by atoms with van der Waals surface area (Å²) in [5.41, 5.74) is 0. The Bertz CT molecular complexity index is 71.3. The van der Waals surface area contributed by atoms with Crippen LogP contribution in [0.1, 0.15) is 0 Å². The molecule has 5 heteroatoms. The molecule has 0 aromatic carbocycles. The molecule has 0 spiro atoms. The Kier molecular flexibility index (Phi) is 6.52. The van der Waals surface area contributed by atoms with Crippen molar-refractivity contribution in [3.63, 3.8) is 0 Å². The molecule has 0 aliphatic carbocycles. The van der Waals surface area contributed by atoms with Crippen molar-refractivity contribution in [1.82, 2.24) is 11.5 Å². The van der Waals surface area contributed by atoms with E-state index in [-0.39, 0.29) is 12.6 Å². The third-order valence-corrected chi connectivity index (χ3v) is 0.182. The molecule has 42 valence electrons. The zero-order valence-corrected chi connectivity index (χ0v) is 3.55. The fourth-order valence-corrected chi connectivity index (χ4v) is 0.0504. The number of nitrogens with one attached hydrogen (secondary N) is 1. The summed E-state index contributed by atoms with van der Waals surface area (Å²) in [4.78, 5) is 18.4. The molecule has 7 heavy (non-hydrogen) atoms. The lowest BCUT2D eigenvalue weighted by molar-refractivity contribution is -0.108. The molecule has 0 rings (SSSR count). The maximum Gasteiger partial charge on any atom is 0.411 e. The van der Waals surface area contributed by atoms with Gasteiger partial charge in [0.15, 0.2) is 0 Å². The summed E-state index contributed by atoms with van der Waals surface area (Å²) in [5.74, 6) is 0. The Hall–Kier alpha value is -1.10. The van der Waals surface area contributed by atoms with Gasteiger partial charge in [0.2, 0.25) is 6.41 Å². The second-order valence-corrected chi connectivity index (χ2v) is 0.567. The molecule has 0 aromatic rings. The first-order valence-electron chi connectivity index (χ1n) is 1.20. The SMILES string of the molecule is N.O=CNC(=O)O. The molecule has 0 radical (unpaired) electrons. The predicted molar refractivity (Wildman–Crippen MR) is 22.2 cm³/mol. The molecule has 2 amide bonds. The summed E-state index contributed by atoms with van der Waals surface area (Å²) in [6.45, 7) is 0.